The molecule has 1 heterocycles. The van der Waals surface area contributed by atoms with E-state index >= 15 is 0 Å². The van der Waals surface area contributed by atoms with Crippen LogP contribution >= 0.6 is 15.9 Å². The van der Waals surface area contributed by atoms with E-state index in [9.17, 15) is 13.2 Å². The molecule has 0 spiro atoms. The summed E-state index contributed by atoms with van der Waals surface area (Å²) < 4.78 is 50.2. The summed E-state index contributed by atoms with van der Waals surface area (Å²) in [7, 11) is -0.823. The number of halogens is 4. The maximum atomic E-state index is 12.9. The minimum atomic E-state index is -4.42. The highest BCUT2D eigenvalue weighted by atomic mass is 79.9. The summed E-state index contributed by atoms with van der Waals surface area (Å²) in [5, 5.41) is 0. The second kappa shape index (κ2) is 4.75. The third-order valence-electron chi connectivity index (χ3n) is 3.84. The van der Waals surface area contributed by atoms with Crippen LogP contribution in [0.3, 0.4) is 0 Å². The molecule has 0 unspecified atom stereocenters. The number of rotatable bonds is 1. The van der Waals surface area contributed by atoms with Crippen molar-refractivity contribution in [3.05, 3.63) is 28.2 Å². The fourth-order valence-electron chi connectivity index (χ4n) is 1.92. The van der Waals surface area contributed by atoms with Crippen LogP contribution in [0.5, 0.6) is 0 Å². The fraction of sp³-hybridized carbons (Fsp3) is 0.538. The van der Waals surface area contributed by atoms with Gasteiger partial charge in [-0.25, -0.2) is 0 Å². The lowest BCUT2D eigenvalue weighted by Gasteiger charge is -2.32. The van der Waals surface area contributed by atoms with E-state index in [1.165, 1.54) is 6.07 Å². The highest BCUT2D eigenvalue weighted by molar-refractivity contribution is 9.10. The van der Waals surface area contributed by atoms with E-state index in [1.54, 1.807) is 6.07 Å². The second-order valence-corrected chi connectivity index (χ2v) is 6.59. The SMILES string of the molecule is CC1(C)OB(c2cccc(C(F)(F)F)c2Br)OC1(C)C. The van der Waals surface area contributed by atoms with Crippen LogP contribution < -0.4 is 5.46 Å². The van der Waals surface area contributed by atoms with Gasteiger partial charge in [0, 0.05) is 4.47 Å². The summed E-state index contributed by atoms with van der Waals surface area (Å²) in [5.74, 6) is 0. The Bertz CT molecular complexity index is 513. The Morgan fingerprint density at radius 2 is 1.55 bits per heavy atom. The molecule has 20 heavy (non-hydrogen) atoms. The van der Waals surface area contributed by atoms with Gasteiger partial charge in [0.2, 0.25) is 0 Å². The quantitative estimate of drug-likeness (QED) is 0.718. The van der Waals surface area contributed by atoms with Crippen molar-refractivity contribution in [2.75, 3.05) is 0 Å². The van der Waals surface area contributed by atoms with Crippen LogP contribution in [0.2, 0.25) is 0 Å². The smallest absolute Gasteiger partial charge is 0.399 e. The van der Waals surface area contributed by atoms with Gasteiger partial charge in [0.05, 0.1) is 16.8 Å². The minimum Gasteiger partial charge on any atom is -0.399 e. The molecule has 1 aromatic rings. The highest BCUT2D eigenvalue weighted by Gasteiger charge is 2.52. The molecule has 1 aromatic carbocycles. The average Bonchev–Trinajstić information content (AvgIpc) is 2.46. The summed E-state index contributed by atoms with van der Waals surface area (Å²) >= 11 is 3.02. The van der Waals surface area contributed by atoms with Crippen molar-refractivity contribution >= 4 is 28.5 Å². The molecular weight excluding hydrogens is 336 g/mol. The van der Waals surface area contributed by atoms with Gasteiger partial charge in [0.1, 0.15) is 0 Å². The minimum absolute atomic E-state index is 0.0361. The first-order valence-corrected chi connectivity index (χ1v) is 6.96. The molecule has 0 radical (unpaired) electrons. The van der Waals surface area contributed by atoms with Crippen molar-refractivity contribution < 1.29 is 22.5 Å². The van der Waals surface area contributed by atoms with Crippen molar-refractivity contribution in [3.8, 4) is 0 Å². The molecule has 1 aliphatic heterocycles. The Morgan fingerprint density at radius 3 is 2.00 bits per heavy atom. The van der Waals surface area contributed by atoms with E-state index in [4.69, 9.17) is 9.31 Å². The van der Waals surface area contributed by atoms with Gasteiger partial charge in [0.15, 0.2) is 0 Å². The maximum Gasteiger partial charge on any atom is 0.496 e. The molecule has 0 amide bonds. The Balaban J connectivity index is 2.42. The topological polar surface area (TPSA) is 18.5 Å². The molecule has 7 heteroatoms. The molecule has 1 saturated heterocycles. The summed E-state index contributed by atoms with van der Waals surface area (Å²) in [4.78, 5) is 0. The van der Waals surface area contributed by atoms with Crippen LogP contribution in [0.1, 0.15) is 33.3 Å². The van der Waals surface area contributed by atoms with Crippen LogP contribution in [0.25, 0.3) is 0 Å². The molecule has 0 aromatic heterocycles. The number of hydrogen-bond acceptors (Lipinski definition) is 2. The van der Waals surface area contributed by atoms with Crippen LogP contribution in [0, 0.1) is 0 Å². The normalized spacial score (nSPS) is 21.3. The van der Waals surface area contributed by atoms with Crippen molar-refractivity contribution in [1.29, 1.82) is 0 Å². The van der Waals surface area contributed by atoms with E-state index in [2.05, 4.69) is 15.9 Å². The van der Waals surface area contributed by atoms with Crippen molar-refractivity contribution in [2.45, 2.75) is 45.1 Å². The van der Waals surface area contributed by atoms with Gasteiger partial charge in [0.25, 0.3) is 0 Å². The zero-order valence-electron chi connectivity index (χ0n) is 11.6. The molecule has 0 saturated carbocycles. The number of alkyl halides is 3. The molecule has 0 atom stereocenters. The maximum absolute atomic E-state index is 12.9. The molecule has 1 fully saturated rings. The molecule has 1 aliphatic rings. The van der Waals surface area contributed by atoms with Crippen LogP contribution in [0.4, 0.5) is 13.2 Å². The second-order valence-electron chi connectivity index (χ2n) is 5.79. The van der Waals surface area contributed by atoms with Crippen LogP contribution in [0.15, 0.2) is 22.7 Å². The van der Waals surface area contributed by atoms with Gasteiger partial charge in [-0.15, -0.1) is 0 Å². The third kappa shape index (κ3) is 2.63. The Hall–Kier alpha value is -0.525. The summed E-state index contributed by atoms with van der Waals surface area (Å²) in [6.45, 7) is 7.42. The first-order valence-electron chi connectivity index (χ1n) is 6.17. The first kappa shape index (κ1) is 15.9. The number of benzene rings is 1. The number of hydrogen-bond donors (Lipinski definition) is 0. The van der Waals surface area contributed by atoms with Gasteiger partial charge in [-0.1, -0.05) is 28.1 Å². The van der Waals surface area contributed by atoms with E-state index in [0.717, 1.165) is 6.07 Å². The predicted octanol–water partition coefficient (Wildman–Crippen LogP) is 3.77. The predicted molar refractivity (Wildman–Crippen MR) is 74.9 cm³/mol. The largest absolute Gasteiger partial charge is 0.496 e. The Morgan fingerprint density at radius 1 is 1.05 bits per heavy atom. The average molecular weight is 351 g/mol. The zero-order chi connectivity index (χ0) is 15.3. The van der Waals surface area contributed by atoms with Gasteiger partial charge in [-0.05, 0) is 39.2 Å². The fourth-order valence-corrected chi connectivity index (χ4v) is 2.60. The van der Waals surface area contributed by atoms with Crippen molar-refractivity contribution in [2.24, 2.45) is 0 Å². The summed E-state index contributed by atoms with van der Waals surface area (Å²) in [5.41, 5.74) is -1.57. The standard InChI is InChI=1S/C13H15BBrF3O2/c1-11(2)12(3,4)20-14(19-11)9-7-5-6-8(10(9)15)13(16,17)18/h5-7H,1-4H3. The lowest BCUT2D eigenvalue weighted by atomic mass is 9.78. The highest BCUT2D eigenvalue weighted by Crippen LogP contribution is 2.39. The Labute approximate surface area is 124 Å². The van der Waals surface area contributed by atoms with Crippen LogP contribution in [-0.2, 0) is 15.5 Å². The Kier molecular flexibility index (Phi) is 3.76. The summed E-state index contributed by atoms with van der Waals surface area (Å²) in [6.07, 6.45) is -4.42. The van der Waals surface area contributed by atoms with Crippen molar-refractivity contribution in [1.82, 2.24) is 0 Å². The molecule has 0 aliphatic carbocycles. The van der Waals surface area contributed by atoms with E-state index < -0.39 is 30.1 Å². The molecule has 2 rings (SSSR count). The first-order chi connectivity index (χ1) is 8.96. The molecule has 2 nitrogen and oxygen atoms in total. The van der Waals surface area contributed by atoms with Gasteiger partial charge >= 0.3 is 13.3 Å². The lowest BCUT2D eigenvalue weighted by molar-refractivity contribution is -0.138. The van der Waals surface area contributed by atoms with E-state index in [0.29, 0.717) is 5.46 Å². The molecule has 0 bridgehead atoms. The molecular formula is C13H15BBrF3O2. The third-order valence-corrected chi connectivity index (χ3v) is 4.73. The monoisotopic (exact) mass is 350 g/mol. The zero-order valence-corrected chi connectivity index (χ0v) is 13.2. The van der Waals surface area contributed by atoms with E-state index in [1.807, 2.05) is 27.7 Å². The van der Waals surface area contributed by atoms with Crippen LogP contribution in [-0.4, -0.2) is 18.3 Å². The van der Waals surface area contributed by atoms with Crippen molar-refractivity contribution in [3.63, 3.8) is 0 Å². The van der Waals surface area contributed by atoms with Gasteiger partial charge in [-0.3, -0.25) is 0 Å². The van der Waals surface area contributed by atoms with Gasteiger partial charge in [-0.2, -0.15) is 13.2 Å². The van der Waals surface area contributed by atoms with Gasteiger partial charge < -0.3 is 9.31 Å². The summed E-state index contributed by atoms with van der Waals surface area (Å²) in [6, 6.07) is 3.95. The lowest BCUT2D eigenvalue weighted by Crippen LogP contribution is -2.41. The molecule has 0 N–H and O–H groups in total. The van der Waals surface area contributed by atoms with E-state index in [-0.39, 0.29) is 4.47 Å². The molecule has 110 valence electrons.